The van der Waals surface area contributed by atoms with Gasteiger partial charge in [0.05, 0.1) is 16.0 Å². The Kier molecular flexibility index (Phi) is 6.49. The van der Waals surface area contributed by atoms with Crippen molar-refractivity contribution in [2.75, 3.05) is 32.7 Å². The zero-order valence-corrected chi connectivity index (χ0v) is 18.3. The molecule has 1 aromatic carbocycles. The van der Waals surface area contributed by atoms with E-state index in [2.05, 4.69) is 20.9 Å². The standard InChI is InChI=1S/C21H18Cl2N4O2S/c22-14-2-4-17(23)16(12-14)18-5-3-15(29-18)13-19-20(28)25-21(30-19)27-10-8-26(9-11-27)7-1-6-24/h2-5,12-13H,1,7-11H2/b19-13-. The molecule has 30 heavy (non-hydrogen) atoms. The Bertz CT molecular complexity index is 1070. The van der Waals surface area contributed by atoms with Crippen LogP contribution >= 0.6 is 35.0 Å². The molecule has 0 atom stereocenters. The van der Waals surface area contributed by atoms with Gasteiger partial charge in [0.1, 0.15) is 11.5 Å². The second kappa shape index (κ2) is 9.27. The van der Waals surface area contributed by atoms with Crippen molar-refractivity contribution >= 4 is 52.1 Å². The van der Waals surface area contributed by atoms with Crippen molar-refractivity contribution in [3.8, 4) is 17.4 Å². The molecule has 0 aliphatic carbocycles. The molecule has 1 fully saturated rings. The SMILES string of the molecule is N#CCCN1CCN(C2=NC(=O)/C(=C/c3ccc(-c4cc(Cl)ccc4Cl)o3)S2)CC1. The van der Waals surface area contributed by atoms with Gasteiger partial charge >= 0.3 is 0 Å². The van der Waals surface area contributed by atoms with Gasteiger partial charge in [0.15, 0.2) is 5.17 Å². The lowest BCUT2D eigenvalue weighted by Crippen LogP contribution is -2.47. The monoisotopic (exact) mass is 460 g/mol. The van der Waals surface area contributed by atoms with Gasteiger partial charge in [-0.05, 0) is 42.1 Å². The number of amidine groups is 1. The van der Waals surface area contributed by atoms with Crippen LogP contribution in [0.3, 0.4) is 0 Å². The molecule has 1 aromatic heterocycles. The summed E-state index contributed by atoms with van der Waals surface area (Å²) in [7, 11) is 0. The topological polar surface area (TPSA) is 72.8 Å². The second-order valence-corrected chi connectivity index (χ2v) is 8.73. The molecule has 9 heteroatoms. The number of rotatable bonds is 4. The van der Waals surface area contributed by atoms with E-state index in [0.717, 1.165) is 37.9 Å². The second-order valence-electron chi connectivity index (χ2n) is 6.87. The highest BCUT2D eigenvalue weighted by molar-refractivity contribution is 8.18. The summed E-state index contributed by atoms with van der Waals surface area (Å²) in [6.45, 7) is 4.07. The minimum absolute atomic E-state index is 0.263. The molecule has 0 radical (unpaired) electrons. The molecule has 0 spiro atoms. The Labute approximate surface area is 188 Å². The maximum Gasteiger partial charge on any atom is 0.286 e. The number of benzene rings is 1. The molecule has 154 valence electrons. The minimum Gasteiger partial charge on any atom is -0.457 e. The Morgan fingerprint density at radius 1 is 1.20 bits per heavy atom. The van der Waals surface area contributed by atoms with Crippen LogP contribution in [0.5, 0.6) is 0 Å². The summed E-state index contributed by atoms with van der Waals surface area (Å²) < 4.78 is 5.87. The third-order valence-corrected chi connectivity index (χ3v) is 6.49. The minimum atomic E-state index is -0.263. The van der Waals surface area contributed by atoms with Gasteiger partial charge in [-0.25, -0.2) is 0 Å². The first-order valence-electron chi connectivity index (χ1n) is 9.45. The first kappa shape index (κ1) is 21.0. The van der Waals surface area contributed by atoms with Crippen molar-refractivity contribution in [3.05, 3.63) is 51.0 Å². The molecule has 0 N–H and O–H groups in total. The average molecular weight is 461 g/mol. The van der Waals surface area contributed by atoms with Gasteiger partial charge in [-0.1, -0.05) is 23.2 Å². The van der Waals surface area contributed by atoms with Gasteiger partial charge in [-0.2, -0.15) is 10.3 Å². The fraction of sp³-hybridized carbons (Fsp3) is 0.286. The van der Waals surface area contributed by atoms with E-state index in [1.807, 2.05) is 0 Å². The molecule has 0 bridgehead atoms. The maximum absolute atomic E-state index is 12.4. The Morgan fingerprint density at radius 3 is 2.77 bits per heavy atom. The van der Waals surface area contributed by atoms with Gasteiger partial charge in [0.2, 0.25) is 0 Å². The van der Waals surface area contributed by atoms with E-state index >= 15 is 0 Å². The zero-order chi connectivity index (χ0) is 21.1. The molecule has 1 amide bonds. The van der Waals surface area contributed by atoms with E-state index in [1.54, 1.807) is 36.4 Å². The lowest BCUT2D eigenvalue weighted by molar-refractivity contribution is -0.113. The van der Waals surface area contributed by atoms with Gasteiger partial charge in [-0.15, -0.1) is 0 Å². The summed E-state index contributed by atoms with van der Waals surface area (Å²) in [5.74, 6) is 0.870. The van der Waals surface area contributed by atoms with Crippen LogP contribution in [-0.4, -0.2) is 53.6 Å². The summed E-state index contributed by atoms with van der Waals surface area (Å²) in [5.41, 5.74) is 0.699. The van der Waals surface area contributed by atoms with Crippen LogP contribution < -0.4 is 0 Å². The molecule has 2 aliphatic heterocycles. The van der Waals surface area contributed by atoms with Crippen LogP contribution in [0.15, 0.2) is 44.6 Å². The fourth-order valence-electron chi connectivity index (χ4n) is 3.29. The number of nitriles is 1. The number of halogens is 2. The normalized spacial score (nSPS) is 18.7. The van der Waals surface area contributed by atoms with Crippen LogP contribution in [-0.2, 0) is 4.79 Å². The number of thioether (sulfide) groups is 1. The fourth-order valence-corrected chi connectivity index (χ4v) is 4.62. The molecule has 0 unspecified atom stereocenters. The van der Waals surface area contributed by atoms with Crippen LogP contribution in [0.4, 0.5) is 0 Å². The number of carbonyl (C=O) groups is 1. The smallest absolute Gasteiger partial charge is 0.286 e. The number of amides is 1. The van der Waals surface area contributed by atoms with Crippen LogP contribution in [0, 0.1) is 11.3 Å². The van der Waals surface area contributed by atoms with Gasteiger partial charge < -0.3 is 9.32 Å². The average Bonchev–Trinajstić information content (AvgIpc) is 3.36. The summed E-state index contributed by atoms with van der Waals surface area (Å²) in [5, 5.41) is 10.5. The quantitative estimate of drug-likeness (QED) is 0.612. The molecule has 4 rings (SSSR count). The number of piperazine rings is 1. The van der Waals surface area contributed by atoms with Gasteiger partial charge in [0, 0.05) is 55.8 Å². The number of carbonyl (C=O) groups excluding carboxylic acids is 1. The van der Waals surface area contributed by atoms with E-state index < -0.39 is 0 Å². The number of nitrogens with zero attached hydrogens (tertiary/aromatic N) is 4. The highest BCUT2D eigenvalue weighted by Crippen LogP contribution is 2.34. The van der Waals surface area contributed by atoms with Crippen molar-refractivity contribution < 1.29 is 9.21 Å². The third kappa shape index (κ3) is 4.73. The zero-order valence-electron chi connectivity index (χ0n) is 16.0. The predicted octanol–water partition coefficient (Wildman–Crippen LogP) is 4.75. The largest absolute Gasteiger partial charge is 0.457 e. The Morgan fingerprint density at radius 2 is 2.00 bits per heavy atom. The molecule has 6 nitrogen and oxygen atoms in total. The van der Waals surface area contributed by atoms with Crippen LogP contribution in [0.25, 0.3) is 17.4 Å². The third-order valence-electron chi connectivity index (χ3n) is 4.89. The highest BCUT2D eigenvalue weighted by Gasteiger charge is 2.28. The molecular weight excluding hydrogens is 443 g/mol. The van der Waals surface area contributed by atoms with Crippen molar-refractivity contribution in [2.45, 2.75) is 6.42 Å². The van der Waals surface area contributed by atoms with Crippen molar-refractivity contribution in [2.24, 2.45) is 4.99 Å². The predicted molar refractivity (Wildman–Crippen MR) is 120 cm³/mol. The lowest BCUT2D eigenvalue weighted by Gasteiger charge is -2.34. The highest BCUT2D eigenvalue weighted by atomic mass is 35.5. The molecule has 1 saturated heterocycles. The number of hydrogen-bond donors (Lipinski definition) is 0. The van der Waals surface area contributed by atoms with Gasteiger partial charge in [-0.3, -0.25) is 9.69 Å². The Balaban J connectivity index is 1.42. The van der Waals surface area contributed by atoms with Crippen LogP contribution in [0.2, 0.25) is 10.0 Å². The maximum atomic E-state index is 12.4. The summed E-state index contributed by atoms with van der Waals surface area (Å²) in [6.07, 6.45) is 2.24. The van der Waals surface area contributed by atoms with Crippen LogP contribution in [0.1, 0.15) is 12.2 Å². The number of furan rings is 1. The van der Waals surface area contributed by atoms with Crippen molar-refractivity contribution in [1.82, 2.24) is 9.80 Å². The van der Waals surface area contributed by atoms with E-state index in [0.29, 0.717) is 38.5 Å². The lowest BCUT2D eigenvalue weighted by atomic mass is 10.2. The molecule has 0 saturated carbocycles. The van der Waals surface area contributed by atoms with Gasteiger partial charge in [0.25, 0.3) is 5.91 Å². The van der Waals surface area contributed by atoms with E-state index in [1.165, 1.54) is 11.8 Å². The van der Waals surface area contributed by atoms with Crippen molar-refractivity contribution in [3.63, 3.8) is 0 Å². The first-order chi connectivity index (χ1) is 14.5. The summed E-state index contributed by atoms with van der Waals surface area (Å²) in [6, 6.07) is 10.9. The van der Waals surface area contributed by atoms with E-state index in [-0.39, 0.29) is 5.91 Å². The molecule has 2 aliphatic rings. The van der Waals surface area contributed by atoms with E-state index in [4.69, 9.17) is 32.9 Å². The first-order valence-corrected chi connectivity index (χ1v) is 11.0. The summed E-state index contributed by atoms with van der Waals surface area (Å²) in [4.78, 5) is 21.5. The molecule has 2 aromatic rings. The number of hydrogen-bond acceptors (Lipinski definition) is 6. The number of aliphatic imine (C=N–C) groups is 1. The summed E-state index contributed by atoms with van der Waals surface area (Å²) >= 11 is 13.7. The molecule has 3 heterocycles. The van der Waals surface area contributed by atoms with Crippen molar-refractivity contribution in [1.29, 1.82) is 5.26 Å². The molecular formula is C21H18Cl2N4O2S. The Hall–Kier alpha value is -2.24. The van der Waals surface area contributed by atoms with E-state index in [9.17, 15) is 4.79 Å².